The van der Waals surface area contributed by atoms with Crippen LogP contribution in [0.2, 0.25) is 5.02 Å². The maximum atomic E-state index is 12.4. The number of imidazole rings is 1. The number of hydrogen-bond donors (Lipinski definition) is 1. The molecule has 2 heterocycles. The van der Waals surface area contributed by atoms with E-state index in [0.717, 1.165) is 23.9 Å². The summed E-state index contributed by atoms with van der Waals surface area (Å²) in [6, 6.07) is 5.57. The van der Waals surface area contributed by atoms with Gasteiger partial charge in [0.25, 0.3) is 0 Å². The van der Waals surface area contributed by atoms with Gasteiger partial charge in [0.2, 0.25) is 5.91 Å². The highest BCUT2D eigenvalue weighted by atomic mass is 35.5. The molecular weight excluding hydrogens is 326 g/mol. The third-order valence-corrected chi connectivity index (χ3v) is 4.78. The van der Waals surface area contributed by atoms with Gasteiger partial charge < -0.3 is 9.88 Å². The Morgan fingerprint density at radius 3 is 2.58 bits per heavy atom. The van der Waals surface area contributed by atoms with E-state index in [4.69, 9.17) is 11.6 Å². The van der Waals surface area contributed by atoms with Gasteiger partial charge in [-0.15, -0.1) is 0 Å². The molecule has 3 rings (SSSR count). The summed E-state index contributed by atoms with van der Waals surface area (Å²) in [7, 11) is 0. The molecule has 0 bridgehead atoms. The van der Waals surface area contributed by atoms with Crippen LogP contribution in [0.3, 0.4) is 0 Å². The number of nitrogens with zero attached hydrogens (tertiary/aromatic N) is 2. The fourth-order valence-electron chi connectivity index (χ4n) is 3.40. The van der Waals surface area contributed by atoms with Crippen LogP contribution >= 0.6 is 11.6 Å². The first-order valence-corrected chi connectivity index (χ1v) is 8.80. The molecule has 0 atom stereocenters. The smallest absolute Gasteiger partial charge is 0.326 e. The van der Waals surface area contributed by atoms with Gasteiger partial charge in [-0.05, 0) is 36.5 Å². The zero-order valence-electron chi connectivity index (χ0n) is 14.4. The number of H-pyrrole nitrogens is 1. The Morgan fingerprint density at radius 1 is 1.29 bits per heavy atom. The highest BCUT2D eigenvalue weighted by molar-refractivity contribution is 6.31. The number of halogens is 1. The van der Waals surface area contributed by atoms with Crippen molar-refractivity contribution in [2.45, 2.75) is 46.1 Å². The summed E-state index contributed by atoms with van der Waals surface area (Å²) in [5, 5.41) is 0.610. The van der Waals surface area contributed by atoms with E-state index in [-0.39, 0.29) is 23.1 Å². The quantitative estimate of drug-likeness (QED) is 0.900. The largest absolute Gasteiger partial charge is 0.343 e. The van der Waals surface area contributed by atoms with E-state index in [2.05, 4.69) is 25.8 Å². The number of carbonyl (C=O) groups excluding carboxylic acids is 1. The zero-order valence-corrected chi connectivity index (χ0v) is 15.2. The van der Waals surface area contributed by atoms with Crippen molar-refractivity contribution in [3.05, 3.63) is 33.7 Å². The van der Waals surface area contributed by atoms with E-state index >= 15 is 0 Å². The van der Waals surface area contributed by atoms with E-state index in [0.29, 0.717) is 24.5 Å². The molecule has 6 heteroatoms. The van der Waals surface area contributed by atoms with Crippen molar-refractivity contribution < 1.29 is 4.79 Å². The predicted octanol–water partition coefficient (Wildman–Crippen LogP) is 3.58. The molecule has 24 heavy (non-hydrogen) atoms. The second-order valence-electron chi connectivity index (χ2n) is 7.81. The Hall–Kier alpha value is -1.75. The van der Waals surface area contributed by atoms with Crippen LogP contribution in [0.4, 0.5) is 0 Å². The lowest BCUT2D eigenvalue weighted by Gasteiger charge is -2.34. The standard InChI is InChI=1S/C18H24ClN3O2/c1-18(2,3)11-16(23)21-8-6-13(7-9-21)22-15-5-4-12(19)10-14(15)20-17(22)24/h4-5,10,13H,6-9,11H2,1-3H3,(H,20,24). The fraction of sp³-hybridized carbons (Fsp3) is 0.556. The van der Waals surface area contributed by atoms with Gasteiger partial charge in [0.05, 0.1) is 11.0 Å². The van der Waals surface area contributed by atoms with Crippen LogP contribution in [-0.4, -0.2) is 33.4 Å². The molecule has 1 aliphatic heterocycles. The highest BCUT2D eigenvalue weighted by Crippen LogP contribution is 2.28. The van der Waals surface area contributed by atoms with Crippen LogP contribution in [0, 0.1) is 5.41 Å². The van der Waals surface area contributed by atoms with Crippen molar-refractivity contribution in [3.63, 3.8) is 0 Å². The second kappa shape index (κ2) is 6.28. The number of carbonyl (C=O) groups is 1. The number of fused-ring (bicyclic) bond motifs is 1. The Labute approximate surface area is 146 Å². The lowest BCUT2D eigenvalue weighted by molar-refractivity contribution is -0.134. The molecule has 1 amide bonds. The summed E-state index contributed by atoms with van der Waals surface area (Å²) in [5.41, 5.74) is 1.54. The topological polar surface area (TPSA) is 58.1 Å². The normalized spacial score (nSPS) is 16.8. The van der Waals surface area contributed by atoms with E-state index in [1.54, 1.807) is 12.1 Å². The van der Waals surface area contributed by atoms with Gasteiger partial charge in [0.1, 0.15) is 0 Å². The number of benzene rings is 1. The molecule has 1 N–H and O–H groups in total. The average molecular weight is 350 g/mol. The summed E-state index contributed by atoms with van der Waals surface area (Å²) in [6.07, 6.45) is 2.15. The molecule has 0 radical (unpaired) electrons. The van der Waals surface area contributed by atoms with Crippen LogP contribution < -0.4 is 5.69 Å². The van der Waals surface area contributed by atoms with Crippen LogP contribution in [0.1, 0.15) is 46.1 Å². The molecule has 0 spiro atoms. The SMILES string of the molecule is CC(C)(C)CC(=O)N1CCC(n2c(=O)[nH]c3cc(Cl)ccc32)CC1. The number of hydrogen-bond acceptors (Lipinski definition) is 2. The number of aromatic amines is 1. The minimum atomic E-state index is -0.105. The fourth-order valence-corrected chi connectivity index (χ4v) is 3.58. The van der Waals surface area contributed by atoms with Crippen molar-refractivity contribution in [1.29, 1.82) is 0 Å². The zero-order chi connectivity index (χ0) is 17.5. The molecule has 1 aliphatic rings. The van der Waals surface area contributed by atoms with Gasteiger partial charge in [0.15, 0.2) is 0 Å². The number of piperidine rings is 1. The maximum absolute atomic E-state index is 12.4. The van der Waals surface area contributed by atoms with Crippen molar-refractivity contribution in [2.75, 3.05) is 13.1 Å². The lowest BCUT2D eigenvalue weighted by Crippen LogP contribution is -2.41. The van der Waals surface area contributed by atoms with E-state index in [1.165, 1.54) is 0 Å². The maximum Gasteiger partial charge on any atom is 0.326 e. The predicted molar refractivity (Wildman–Crippen MR) is 96.5 cm³/mol. The molecule has 5 nitrogen and oxygen atoms in total. The Bertz CT molecular complexity index is 808. The summed E-state index contributed by atoms with van der Waals surface area (Å²) in [5.74, 6) is 0.207. The molecule has 0 saturated carbocycles. The number of aromatic nitrogens is 2. The lowest BCUT2D eigenvalue weighted by atomic mass is 9.91. The number of nitrogens with one attached hydrogen (secondary N) is 1. The first kappa shape index (κ1) is 17.1. The Morgan fingerprint density at radius 2 is 1.96 bits per heavy atom. The Balaban J connectivity index is 1.75. The first-order valence-electron chi connectivity index (χ1n) is 8.42. The van der Waals surface area contributed by atoms with Crippen molar-refractivity contribution in [2.24, 2.45) is 5.41 Å². The average Bonchev–Trinajstić information content (AvgIpc) is 2.80. The molecule has 1 aromatic carbocycles. The Kier molecular flexibility index (Phi) is 4.47. The molecule has 2 aromatic rings. The highest BCUT2D eigenvalue weighted by Gasteiger charge is 2.28. The molecule has 0 aliphatic carbocycles. The van der Waals surface area contributed by atoms with Crippen molar-refractivity contribution in [1.82, 2.24) is 14.5 Å². The number of amides is 1. The van der Waals surface area contributed by atoms with E-state index < -0.39 is 0 Å². The molecule has 1 saturated heterocycles. The third-order valence-electron chi connectivity index (χ3n) is 4.54. The molecule has 0 unspecified atom stereocenters. The van der Waals surface area contributed by atoms with Crippen LogP contribution in [0.25, 0.3) is 11.0 Å². The molecule has 1 aromatic heterocycles. The summed E-state index contributed by atoms with van der Waals surface area (Å²) in [6.45, 7) is 7.63. The summed E-state index contributed by atoms with van der Waals surface area (Å²) < 4.78 is 1.82. The van der Waals surface area contributed by atoms with Gasteiger partial charge in [-0.25, -0.2) is 4.79 Å². The molecule has 130 valence electrons. The third kappa shape index (κ3) is 3.51. The van der Waals surface area contributed by atoms with E-state index in [9.17, 15) is 9.59 Å². The summed E-state index contributed by atoms with van der Waals surface area (Å²) in [4.78, 5) is 29.5. The van der Waals surface area contributed by atoms with Gasteiger partial charge in [-0.2, -0.15) is 0 Å². The molecular formula is C18H24ClN3O2. The summed E-state index contributed by atoms with van der Waals surface area (Å²) >= 11 is 6.00. The van der Waals surface area contributed by atoms with Crippen molar-refractivity contribution >= 4 is 28.5 Å². The van der Waals surface area contributed by atoms with Crippen LogP contribution in [0.15, 0.2) is 23.0 Å². The van der Waals surface area contributed by atoms with Crippen LogP contribution in [-0.2, 0) is 4.79 Å². The number of rotatable bonds is 2. The number of likely N-dealkylation sites (tertiary alicyclic amines) is 1. The van der Waals surface area contributed by atoms with Crippen molar-refractivity contribution in [3.8, 4) is 0 Å². The first-order chi connectivity index (χ1) is 11.2. The monoisotopic (exact) mass is 349 g/mol. The van der Waals surface area contributed by atoms with Gasteiger partial charge >= 0.3 is 5.69 Å². The minimum absolute atomic E-state index is 0.000971. The molecule has 1 fully saturated rings. The van der Waals surface area contributed by atoms with Gasteiger partial charge in [0, 0.05) is 30.6 Å². The van der Waals surface area contributed by atoms with Gasteiger partial charge in [-0.3, -0.25) is 9.36 Å². The second-order valence-corrected chi connectivity index (χ2v) is 8.25. The van der Waals surface area contributed by atoms with E-state index in [1.807, 2.05) is 15.5 Å². The van der Waals surface area contributed by atoms with Crippen LogP contribution in [0.5, 0.6) is 0 Å². The minimum Gasteiger partial charge on any atom is -0.343 e. The van der Waals surface area contributed by atoms with Gasteiger partial charge in [-0.1, -0.05) is 32.4 Å².